The Morgan fingerprint density at radius 1 is 0.429 bits per heavy atom. The molecule has 0 heterocycles. The van der Waals surface area contributed by atoms with Gasteiger partial charge in [0, 0.05) is 0 Å². The quantitative estimate of drug-likeness (QED) is 0.0456. The maximum atomic E-state index is 13.2. The number of carbonyl (C=O) groups excluding carboxylic acids is 9. The van der Waals surface area contributed by atoms with Crippen molar-refractivity contribution < 1.29 is 68.7 Å². The van der Waals surface area contributed by atoms with E-state index in [9.17, 15) is 68.7 Å². The van der Waals surface area contributed by atoms with Crippen molar-refractivity contribution in [2.75, 3.05) is 13.2 Å². The molecular formula is C32H58N10O14. The molecule has 0 saturated carbocycles. The van der Waals surface area contributed by atoms with Crippen molar-refractivity contribution in [1.29, 1.82) is 0 Å². The standard InChI is InChI=1S/C32H58N10O14/c1-11(2)20(39-26(50)14(5)36-25(49)12(3)33)29(53)41-21(15(6)45)30(54)38-19(10-44)28(52)40-23(17(8)47)32(56)42-22(16(7)46)31(55)37-18(9-43)27(51)35-13(4)24(34)48/h11-23,43-47H,9-10,33H2,1-8H3,(H2,34,48)(H,35,51)(H,36,49)(H,37,55)(H,38,54)(H,39,50)(H,40,52)(H,41,53)(H,42,56)/t12-,13-,14-,15+,16+,17+,18-,19-,20-,21-,22-,23-/m0/s1. The molecular weight excluding hydrogens is 748 g/mol. The average Bonchev–Trinajstić information content (AvgIpc) is 3.10. The van der Waals surface area contributed by atoms with Crippen LogP contribution in [0, 0.1) is 5.92 Å². The number of hydrogen-bond acceptors (Lipinski definition) is 15. The van der Waals surface area contributed by atoms with Crippen molar-refractivity contribution in [3.8, 4) is 0 Å². The Balaban J connectivity index is 5.89. The number of hydrogen-bond donors (Lipinski definition) is 15. The van der Waals surface area contributed by atoms with Gasteiger partial charge in [-0.15, -0.1) is 0 Å². The molecule has 12 atom stereocenters. The number of rotatable bonds is 23. The SMILES string of the molecule is CC(C)[C@H](NC(=O)[C@H](C)NC(=O)[C@H](C)N)C(=O)N[C@H](C(=O)N[C@@H](CO)C(=O)N[C@H](C(=O)N[C@H](C(=O)N[C@@H](CO)C(=O)N[C@@H](C)C(N)=O)[C@@H](C)O)[C@@H](C)O)[C@@H](C)O. The van der Waals surface area contributed by atoms with Crippen LogP contribution < -0.4 is 54.0 Å². The summed E-state index contributed by atoms with van der Waals surface area (Å²) in [5.74, 6) is -9.84. The highest BCUT2D eigenvalue weighted by Gasteiger charge is 2.37. The van der Waals surface area contributed by atoms with Gasteiger partial charge in [0.15, 0.2) is 0 Å². The average molecular weight is 807 g/mol. The van der Waals surface area contributed by atoms with E-state index in [1.54, 1.807) is 13.8 Å². The fraction of sp³-hybridized carbons (Fsp3) is 0.719. The summed E-state index contributed by atoms with van der Waals surface area (Å²) in [6, 6.07) is -13.6. The molecule has 0 aromatic rings. The Morgan fingerprint density at radius 2 is 0.732 bits per heavy atom. The molecule has 56 heavy (non-hydrogen) atoms. The van der Waals surface area contributed by atoms with E-state index < -0.39 is 145 Å². The second kappa shape index (κ2) is 23.8. The summed E-state index contributed by atoms with van der Waals surface area (Å²) in [5.41, 5.74) is 10.6. The minimum atomic E-state index is -1.90. The molecule has 0 saturated heterocycles. The summed E-state index contributed by atoms with van der Waals surface area (Å²) in [7, 11) is 0. The van der Waals surface area contributed by atoms with Crippen LogP contribution in [0.25, 0.3) is 0 Å². The van der Waals surface area contributed by atoms with Crippen LogP contribution in [0.5, 0.6) is 0 Å². The third-order valence-corrected chi connectivity index (χ3v) is 8.02. The fourth-order valence-corrected chi connectivity index (χ4v) is 4.48. The van der Waals surface area contributed by atoms with Gasteiger partial charge in [-0.25, -0.2) is 0 Å². The van der Waals surface area contributed by atoms with Crippen LogP contribution in [0.1, 0.15) is 55.4 Å². The zero-order chi connectivity index (χ0) is 43.8. The Morgan fingerprint density at radius 3 is 1.05 bits per heavy atom. The predicted octanol–water partition coefficient (Wildman–Crippen LogP) is -8.48. The molecule has 0 rings (SSSR count). The van der Waals surface area contributed by atoms with Crippen molar-refractivity contribution in [3.05, 3.63) is 0 Å². The smallest absolute Gasteiger partial charge is 0.245 e. The van der Waals surface area contributed by atoms with Gasteiger partial charge in [-0.3, -0.25) is 43.2 Å². The van der Waals surface area contributed by atoms with E-state index in [1.807, 2.05) is 0 Å². The summed E-state index contributed by atoms with van der Waals surface area (Å²) in [5, 5.41) is 68.0. The molecule has 320 valence electrons. The summed E-state index contributed by atoms with van der Waals surface area (Å²) in [6.45, 7) is 8.25. The van der Waals surface area contributed by atoms with Crippen LogP contribution >= 0.6 is 0 Å². The molecule has 0 unspecified atom stereocenters. The summed E-state index contributed by atoms with van der Waals surface area (Å²) in [4.78, 5) is 114. The van der Waals surface area contributed by atoms with E-state index in [1.165, 1.54) is 20.8 Å². The molecule has 0 radical (unpaired) electrons. The van der Waals surface area contributed by atoms with Crippen LogP contribution in [0.4, 0.5) is 0 Å². The maximum absolute atomic E-state index is 13.2. The number of nitrogens with two attached hydrogens (primary N) is 2. The number of aliphatic hydroxyl groups is 5. The van der Waals surface area contributed by atoms with Crippen molar-refractivity contribution in [3.63, 3.8) is 0 Å². The zero-order valence-electron chi connectivity index (χ0n) is 32.5. The highest BCUT2D eigenvalue weighted by atomic mass is 16.3. The lowest BCUT2D eigenvalue weighted by Crippen LogP contribution is -2.64. The number of amides is 9. The first-order chi connectivity index (χ1) is 25.8. The minimum Gasteiger partial charge on any atom is -0.394 e. The largest absolute Gasteiger partial charge is 0.394 e. The van der Waals surface area contributed by atoms with E-state index in [-0.39, 0.29) is 0 Å². The van der Waals surface area contributed by atoms with Gasteiger partial charge in [0.25, 0.3) is 0 Å². The van der Waals surface area contributed by atoms with Gasteiger partial charge in [0.1, 0.15) is 48.3 Å². The first-order valence-electron chi connectivity index (χ1n) is 17.5. The first-order valence-corrected chi connectivity index (χ1v) is 17.5. The Hall–Kier alpha value is -5.01. The van der Waals surface area contributed by atoms with Crippen LogP contribution in [-0.2, 0) is 43.2 Å². The molecule has 0 bridgehead atoms. The Kier molecular flexibility index (Phi) is 21.7. The monoisotopic (exact) mass is 806 g/mol. The van der Waals surface area contributed by atoms with Gasteiger partial charge in [-0.05, 0) is 47.5 Å². The second-order valence-electron chi connectivity index (χ2n) is 13.5. The molecule has 0 fully saturated rings. The van der Waals surface area contributed by atoms with Gasteiger partial charge in [0.05, 0.1) is 37.6 Å². The lowest BCUT2D eigenvalue weighted by atomic mass is 10.0. The van der Waals surface area contributed by atoms with Gasteiger partial charge in [0.2, 0.25) is 53.2 Å². The summed E-state index contributed by atoms with van der Waals surface area (Å²) in [6.07, 6.45) is -4.99. The molecule has 0 aliphatic carbocycles. The van der Waals surface area contributed by atoms with Gasteiger partial charge >= 0.3 is 0 Å². The molecule has 0 aromatic carbocycles. The van der Waals surface area contributed by atoms with Gasteiger partial charge in [-0.1, -0.05) is 13.8 Å². The van der Waals surface area contributed by atoms with E-state index in [0.717, 1.165) is 20.8 Å². The van der Waals surface area contributed by atoms with Crippen molar-refractivity contribution in [1.82, 2.24) is 42.5 Å². The van der Waals surface area contributed by atoms with Crippen LogP contribution in [-0.4, -0.2) is 165 Å². The zero-order valence-corrected chi connectivity index (χ0v) is 32.5. The lowest BCUT2D eigenvalue weighted by Gasteiger charge is -2.29. The van der Waals surface area contributed by atoms with Crippen molar-refractivity contribution >= 4 is 53.2 Å². The van der Waals surface area contributed by atoms with Crippen molar-refractivity contribution in [2.24, 2.45) is 17.4 Å². The molecule has 0 spiro atoms. The third kappa shape index (κ3) is 16.4. The van der Waals surface area contributed by atoms with E-state index >= 15 is 0 Å². The molecule has 24 heteroatoms. The normalized spacial score (nSPS) is 17.6. The van der Waals surface area contributed by atoms with E-state index in [2.05, 4.69) is 42.5 Å². The molecule has 17 N–H and O–H groups in total. The van der Waals surface area contributed by atoms with Gasteiger partial charge in [-0.2, -0.15) is 0 Å². The van der Waals surface area contributed by atoms with E-state index in [4.69, 9.17) is 11.5 Å². The minimum absolute atomic E-state index is 0.584. The second-order valence-corrected chi connectivity index (χ2v) is 13.5. The molecule has 0 aliphatic rings. The lowest BCUT2D eigenvalue weighted by molar-refractivity contribution is -0.139. The fourth-order valence-electron chi connectivity index (χ4n) is 4.48. The maximum Gasteiger partial charge on any atom is 0.245 e. The predicted molar refractivity (Wildman–Crippen MR) is 194 cm³/mol. The third-order valence-electron chi connectivity index (χ3n) is 8.02. The highest BCUT2D eigenvalue weighted by Crippen LogP contribution is 2.06. The van der Waals surface area contributed by atoms with Crippen LogP contribution in [0.2, 0.25) is 0 Å². The molecule has 0 aromatic heterocycles. The number of aliphatic hydroxyl groups excluding tert-OH is 5. The Bertz CT molecular complexity index is 1410. The Labute approximate surface area is 323 Å². The van der Waals surface area contributed by atoms with Crippen LogP contribution in [0.3, 0.4) is 0 Å². The van der Waals surface area contributed by atoms with Crippen LogP contribution in [0.15, 0.2) is 0 Å². The first kappa shape index (κ1) is 51.0. The number of primary amides is 1. The summed E-state index contributed by atoms with van der Waals surface area (Å²) >= 11 is 0. The van der Waals surface area contributed by atoms with E-state index in [0.29, 0.717) is 0 Å². The molecule has 9 amide bonds. The summed E-state index contributed by atoms with van der Waals surface area (Å²) < 4.78 is 0. The van der Waals surface area contributed by atoms with Gasteiger partial charge < -0.3 is 79.5 Å². The molecule has 24 nitrogen and oxygen atoms in total. The number of carbonyl (C=O) groups is 9. The van der Waals surface area contributed by atoms with Crippen molar-refractivity contribution in [2.45, 2.75) is 128 Å². The number of nitrogens with one attached hydrogen (secondary N) is 8. The molecule has 0 aliphatic heterocycles. The topological polar surface area (TPSA) is 403 Å². The highest BCUT2D eigenvalue weighted by molar-refractivity contribution is 5.98.